The SMILES string of the molecule is CCOC(=O)C1=C(C)N=c2s/c(=C/c3cc(Cl)cc(Cl)c3OCc3ccc(Cl)c(Cl)c3)c(=O)n2[C@@H]1c1ccc(OC(C)C)c(OC)c1. The molecular formula is C34H30Cl4N2O6S. The lowest BCUT2D eigenvalue weighted by Gasteiger charge is -2.25. The normalized spacial score (nSPS) is 14.6. The number of thiazole rings is 1. The summed E-state index contributed by atoms with van der Waals surface area (Å²) < 4.78 is 24.9. The number of methoxy groups -OCH3 is 1. The molecular weight excluding hydrogens is 706 g/mol. The van der Waals surface area contributed by atoms with Gasteiger partial charge < -0.3 is 18.9 Å². The van der Waals surface area contributed by atoms with E-state index in [2.05, 4.69) is 4.99 Å². The van der Waals surface area contributed by atoms with E-state index in [0.29, 0.717) is 58.5 Å². The summed E-state index contributed by atoms with van der Waals surface area (Å²) in [5.41, 5.74) is 2.13. The largest absolute Gasteiger partial charge is 0.493 e. The maximum atomic E-state index is 14.2. The molecule has 0 radical (unpaired) electrons. The molecule has 246 valence electrons. The van der Waals surface area contributed by atoms with E-state index < -0.39 is 12.0 Å². The monoisotopic (exact) mass is 734 g/mol. The Morgan fingerprint density at radius 3 is 2.47 bits per heavy atom. The van der Waals surface area contributed by atoms with Crippen LogP contribution < -0.4 is 29.1 Å². The molecule has 0 saturated heterocycles. The van der Waals surface area contributed by atoms with Crippen molar-refractivity contribution < 1.29 is 23.7 Å². The van der Waals surface area contributed by atoms with Gasteiger partial charge in [0.15, 0.2) is 16.3 Å². The van der Waals surface area contributed by atoms with Gasteiger partial charge in [-0.3, -0.25) is 9.36 Å². The number of hydrogen-bond donors (Lipinski definition) is 0. The highest BCUT2D eigenvalue weighted by molar-refractivity contribution is 7.07. The van der Waals surface area contributed by atoms with Crippen LogP contribution in [0.15, 0.2) is 69.6 Å². The lowest BCUT2D eigenvalue weighted by atomic mass is 9.95. The van der Waals surface area contributed by atoms with E-state index in [0.717, 1.165) is 16.9 Å². The van der Waals surface area contributed by atoms with Gasteiger partial charge in [-0.1, -0.05) is 69.9 Å². The standard InChI is InChI=1S/C34H30Cl4N2O6S/c1-6-44-33(42)29-18(4)39-34-40(30(29)20-8-10-26(46-17(2)3)27(13-20)43-5)32(41)28(47-34)14-21-12-22(35)15-25(38)31(21)45-16-19-7-9-23(36)24(37)11-19/h7-15,17,30H,6,16H2,1-5H3/b28-14+/t30-/m1/s1. The van der Waals surface area contributed by atoms with Gasteiger partial charge in [0.1, 0.15) is 12.4 Å². The highest BCUT2D eigenvalue weighted by atomic mass is 35.5. The smallest absolute Gasteiger partial charge is 0.338 e. The average Bonchev–Trinajstić information content (AvgIpc) is 3.31. The number of fused-ring (bicyclic) bond motifs is 1. The van der Waals surface area contributed by atoms with Crippen LogP contribution in [0.4, 0.5) is 0 Å². The number of ether oxygens (including phenoxy) is 4. The summed E-state index contributed by atoms with van der Waals surface area (Å²) in [6, 6.07) is 12.8. The topological polar surface area (TPSA) is 88.4 Å². The summed E-state index contributed by atoms with van der Waals surface area (Å²) >= 11 is 26.4. The Bertz CT molecular complexity index is 2070. The van der Waals surface area contributed by atoms with Crippen molar-refractivity contribution >= 4 is 69.8 Å². The summed E-state index contributed by atoms with van der Waals surface area (Å²) in [5.74, 6) is 0.726. The third-order valence-electron chi connectivity index (χ3n) is 7.07. The van der Waals surface area contributed by atoms with Crippen LogP contribution in [0.3, 0.4) is 0 Å². The molecule has 1 atom stereocenters. The van der Waals surface area contributed by atoms with Crippen molar-refractivity contribution in [2.45, 2.75) is 46.4 Å². The van der Waals surface area contributed by atoms with Crippen molar-refractivity contribution in [1.82, 2.24) is 4.57 Å². The first kappa shape index (κ1) is 34.9. The molecule has 0 N–H and O–H groups in total. The number of rotatable bonds is 10. The van der Waals surface area contributed by atoms with Crippen LogP contribution in [0.25, 0.3) is 6.08 Å². The van der Waals surface area contributed by atoms with Crippen molar-refractivity contribution in [3.63, 3.8) is 0 Å². The van der Waals surface area contributed by atoms with Crippen LogP contribution in [-0.2, 0) is 16.1 Å². The number of carbonyl (C=O) groups is 1. The number of benzene rings is 3. The lowest BCUT2D eigenvalue weighted by Crippen LogP contribution is -2.40. The van der Waals surface area contributed by atoms with E-state index in [1.807, 2.05) is 13.8 Å². The molecule has 8 nitrogen and oxygen atoms in total. The second-order valence-corrected chi connectivity index (χ2v) is 13.4. The molecule has 1 aromatic heterocycles. The fourth-order valence-electron chi connectivity index (χ4n) is 5.08. The quantitative estimate of drug-likeness (QED) is 0.155. The van der Waals surface area contributed by atoms with E-state index in [1.165, 1.54) is 11.7 Å². The van der Waals surface area contributed by atoms with E-state index in [9.17, 15) is 9.59 Å². The highest BCUT2D eigenvalue weighted by Gasteiger charge is 2.34. The second-order valence-electron chi connectivity index (χ2n) is 10.7. The molecule has 0 amide bonds. The first-order chi connectivity index (χ1) is 22.4. The van der Waals surface area contributed by atoms with E-state index in [4.69, 9.17) is 65.4 Å². The minimum atomic E-state index is -0.859. The minimum absolute atomic E-state index is 0.0949. The first-order valence-electron chi connectivity index (χ1n) is 14.5. The molecule has 47 heavy (non-hydrogen) atoms. The van der Waals surface area contributed by atoms with Gasteiger partial charge in [0.2, 0.25) is 0 Å². The second kappa shape index (κ2) is 14.7. The molecule has 13 heteroatoms. The number of halogens is 4. The van der Waals surface area contributed by atoms with Gasteiger partial charge in [-0.25, -0.2) is 9.79 Å². The predicted molar refractivity (Wildman–Crippen MR) is 186 cm³/mol. The van der Waals surface area contributed by atoms with E-state index >= 15 is 0 Å². The molecule has 0 spiro atoms. The van der Waals surface area contributed by atoms with Crippen LogP contribution in [0, 0.1) is 0 Å². The van der Waals surface area contributed by atoms with Crippen LogP contribution in [0.2, 0.25) is 20.1 Å². The highest BCUT2D eigenvalue weighted by Crippen LogP contribution is 2.37. The molecule has 0 saturated carbocycles. The zero-order valence-electron chi connectivity index (χ0n) is 26.0. The number of aromatic nitrogens is 1. The number of allylic oxidation sites excluding steroid dienone is 1. The Morgan fingerprint density at radius 1 is 1.02 bits per heavy atom. The van der Waals surface area contributed by atoms with E-state index in [-0.39, 0.29) is 35.5 Å². The number of nitrogens with zero attached hydrogens (tertiary/aromatic N) is 2. The number of carbonyl (C=O) groups excluding carboxylic acids is 1. The van der Waals surface area contributed by atoms with Gasteiger partial charge in [-0.15, -0.1) is 0 Å². The maximum Gasteiger partial charge on any atom is 0.338 e. The van der Waals surface area contributed by atoms with Crippen molar-refractivity contribution in [3.05, 3.63) is 116 Å². The van der Waals surface area contributed by atoms with E-state index in [1.54, 1.807) is 68.5 Å². The fourth-order valence-corrected chi connectivity index (χ4v) is 7.00. The molecule has 5 rings (SSSR count). The predicted octanol–water partition coefficient (Wildman–Crippen LogP) is 7.79. The lowest BCUT2D eigenvalue weighted by molar-refractivity contribution is -0.139. The van der Waals surface area contributed by atoms with Crippen LogP contribution in [-0.4, -0.2) is 30.4 Å². The third kappa shape index (κ3) is 7.50. The third-order valence-corrected chi connectivity index (χ3v) is 9.29. The van der Waals surface area contributed by atoms with Gasteiger partial charge in [0.25, 0.3) is 5.56 Å². The molecule has 0 unspecified atom stereocenters. The molecule has 4 aromatic rings. The molecule has 0 fully saturated rings. The molecule has 1 aliphatic heterocycles. The summed E-state index contributed by atoms with van der Waals surface area (Å²) in [6.07, 6.45) is 1.55. The minimum Gasteiger partial charge on any atom is -0.493 e. The van der Waals surface area contributed by atoms with Gasteiger partial charge in [0.05, 0.1) is 56.7 Å². The van der Waals surface area contributed by atoms with Gasteiger partial charge >= 0.3 is 5.97 Å². The molecule has 0 bridgehead atoms. The molecule has 3 aromatic carbocycles. The van der Waals surface area contributed by atoms with Gasteiger partial charge in [-0.2, -0.15) is 0 Å². The summed E-state index contributed by atoms with van der Waals surface area (Å²) in [7, 11) is 1.53. The summed E-state index contributed by atoms with van der Waals surface area (Å²) in [4.78, 5) is 32.6. The zero-order valence-corrected chi connectivity index (χ0v) is 29.9. The Labute approximate surface area is 295 Å². The summed E-state index contributed by atoms with van der Waals surface area (Å²) in [5, 5.41) is 1.42. The maximum absolute atomic E-state index is 14.2. The van der Waals surface area contributed by atoms with Crippen molar-refractivity contribution in [2.24, 2.45) is 4.99 Å². The van der Waals surface area contributed by atoms with Gasteiger partial charge in [-0.05, 0) is 81.3 Å². The number of hydrogen-bond acceptors (Lipinski definition) is 8. The van der Waals surface area contributed by atoms with Crippen LogP contribution in [0.5, 0.6) is 17.2 Å². The fraction of sp³-hybridized carbons (Fsp3) is 0.265. The molecule has 1 aliphatic rings. The van der Waals surface area contributed by atoms with Crippen LogP contribution >= 0.6 is 57.7 Å². The summed E-state index contributed by atoms with van der Waals surface area (Å²) in [6.45, 7) is 7.53. The number of esters is 1. The average molecular weight is 737 g/mol. The molecule has 2 heterocycles. The Balaban J connectivity index is 1.65. The molecule has 0 aliphatic carbocycles. The first-order valence-corrected chi connectivity index (χ1v) is 16.8. The van der Waals surface area contributed by atoms with Crippen molar-refractivity contribution in [1.29, 1.82) is 0 Å². The van der Waals surface area contributed by atoms with Crippen molar-refractivity contribution in [3.8, 4) is 17.2 Å². The van der Waals surface area contributed by atoms with Crippen molar-refractivity contribution in [2.75, 3.05) is 13.7 Å². The Hall–Kier alpha value is -3.47. The Kier molecular flexibility index (Phi) is 10.9. The zero-order chi connectivity index (χ0) is 34.0. The van der Waals surface area contributed by atoms with Crippen LogP contribution in [0.1, 0.15) is 50.4 Å². The Morgan fingerprint density at radius 2 is 1.79 bits per heavy atom. The van der Waals surface area contributed by atoms with Gasteiger partial charge in [0, 0.05) is 10.6 Å².